The average molecular weight is 436 g/mol. The average Bonchev–Trinajstić information content (AvgIpc) is 3.00. The quantitative estimate of drug-likeness (QED) is 0.569. The molecule has 0 radical (unpaired) electrons. The van der Waals surface area contributed by atoms with Crippen LogP contribution in [0.25, 0.3) is 0 Å². The van der Waals surface area contributed by atoms with Gasteiger partial charge in [0.2, 0.25) is 10.0 Å². The van der Waals surface area contributed by atoms with Gasteiger partial charge in [-0.1, -0.05) is 0 Å². The number of nitro benzene ring substituents is 1. The molecule has 2 aromatic rings. The van der Waals surface area contributed by atoms with Gasteiger partial charge in [-0.15, -0.1) is 0 Å². The van der Waals surface area contributed by atoms with E-state index in [9.17, 15) is 27.7 Å². The zero-order valence-corrected chi connectivity index (χ0v) is 17.1. The number of rotatable bonds is 5. The monoisotopic (exact) mass is 436 g/mol. The first-order chi connectivity index (χ1) is 14.2. The van der Waals surface area contributed by atoms with Crippen molar-refractivity contribution in [1.29, 1.82) is 0 Å². The Morgan fingerprint density at radius 2 is 1.80 bits per heavy atom. The van der Waals surface area contributed by atoms with Gasteiger partial charge < -0.3 is 10.2 Å². The summed E-state index contributed by atoms with van der Waals surface area (Å²) in [6, 6.07) is 8.58. The topological polar surface area (TPSA) is 113 Å². The Morgan fingerprint density at radius 3 is 2.43 bits per heavy atom. The molecule has 0 saturated carbocycles. The molecule has 2 aromatic carbocycles. The number of halogens is 1. The number of sulfonamides is 1. The number of carbonyl (C=O) groups excluding carboxylic acids is 1. The Bertz CT molecular complexity index is 1060. The summed E-state index contributed by atoms with van der Waals surface area (Å²) in [4.78, 5) is 25.0. The second-order valence-corrected chi connectivity index (χ2v) is 8.68. The molecule has 0 atom stereocenters. The van der Waals surface area contributed by atoms with Gasteiger partial charge >= 0.3 is 0 Å². The fraction of sp³-hybridized carbons (Fsp3) is 0.316. The SMILES string of the molecule is CNc1ccc([N+](=O)[O-])cc1C(=O)N1CCCN(S(=O)(=O)c2ccc(F)cc2)CC1. The second kappa shape index (κ2) is 8.76. The zero-order valence-electron chi connectivity index (χ0n) is 16.2. The minimum absolute atomic E-state index is 0.0140. The molecular formula is C19H21FN4O5S. The number of amides is 1. The molecule has 0 aromatic heterocycles. The van der Waals surface area contributed by atoms with Gasteiger partial charge in [0.25, 0.3) is 11.6 Å². The first kappa shape index (κ1) is 21.7. The minimum Gasteiger partial charge on any atom is -0.387 e. The van der Waals surface area contributed by atoms with Crippen molar-refractivity contribution < 1.29 is 22.5 Å². The van der Waals surface area contributed by atoms with Crippen LogP contribution in [0.3, 0.4) is 0 Å². The van der Waals surface area contributed by atoms with Gasteiger partial charge in [0.05, 0.1) is 15.4 Å². The molecule has 1 heterocycles. The summed E-state index contributed by atoms with van der Waals surface area (Å²) in [5, 5.41) is 13.9. The zero-order chi connectivity index (χ0) is 21.9. The van der Waals surface area contributed by atoms with Crippen molar-refractivity contribution in [2.24, 2.45) is 0 Å². The van der Waals surface area contributed by atoms with Crippen molar-refractivity contribution in [3.63, 3.8) is 0 Å². The molecule has 1 aliphatic heterocycles. The maximum atomic E-state index is 13.1. The highest BCUT2D eigenvalue weighted by molar-refractivity contribution is 7.89. The van der Waals surface area contributed by atoms with E-state index in [0.29, 0.717) is 18.7 Å². The fourth-order valence-corrected chi connectivity index (χ4v) is 4.77. The highest BCUT2D eigenvalue weighted by Crippen LogP contribution is 2.25. The third kappa shape index (κ3) is 4.41. The predicted octanol–water partition coefficient (Wildman–Crippen LogP) is 2.31. The first-order valence-corrected chi connectivity index (χ1v) is 10.7. The van der Waals surface area contributed by atoms with Gasteiger partial charge in [-0.2, -0.15) is 4.31 Å². The van der Waals surface area contributed by atoms with Crippen molar-refractivity contribution in [1.82, 2.24) is 9.21 Å². The third-order valence-electron chi connectivity index (χ3n) is 4.91. The van der Waals surface area contributed by atoms with E-state index in [0.717, 1.165) is 12.1 Å². The molecule has 0 bridgehead atoms. The number of benzene rings is 2. The third-order valence-corrected chi connectivity index (χ3v) is 6.82. The molecule has 1 N–H and O–H groups in total. The lowest BCUT2D eigenvalue weighted by Crippen LogP contribution is -2.37. The molecule has 1 amide bonds. The molecule has 0 unspecified atom stereocenters. The van der Waals surface area contributed by atoms with Crippen molar-refractivity contribution in [2.45, 2.75) is 11.3 Å². The van der Waals surface area contributed by atoms with Crippen molar-refractivity contribution in [3.05, 3.63) is 64.0 Å². The number of hydrogen-bond donors (Lipinski definition) is 1. The highest BCUT2D eigenvalue weighted by atomic mass is 32.2. The highest BCUT2D eigenvalue weighted by Gasteiger charge is 2.29. The number of nitrogens with zero attached hydrogens (tertiary/aromatic N) is 3. The number of nitro groups is 1. The summed E-state index contributed by atoms with van der Waals surface area (Å²) in [5.41, 5.74) is 0.403. The molecule has 1 aliphatic rings. The van der Waals surface area contributed by atoms with Crippen molar-refractivity contribution in [3.8, 4) is 0 Å². The summed E-state index contributed by atoms with van der Waals surface area (Å²) in [5.74, 6) is -0.942. The second-order valence-electron chi connectivity index (χ2n) is 6.74. The predicted molar refractivity (Wildman–Crippen MR) is 108 cm³/mol. The summed E-state index contributed by atoms with van der Waals surface area (Å²) in [6.07, 6.45) is 0.399. The van der Waals surface area contributed by atoms with Crippen LogP contribution in [0.15, 0.2) is 47.4 Å². The van der Waals surface area contributed by atoms with E-state index in [1.807, 2.05) is 0 Å². The summed E-state index contributed by atoms with van der Waals surface area (Å²) in [6.45, 7) is 0.706. The van der Waals surface area contributed by atoms with E-state index < -0.39 is 26.7 Å². The Hall–Kier alpha value is -3.05. The van der Waals surface area contributed by atoms with Crippen LogP contribution in [0.4, 0.5) is 15.8 Å². The lowest BCUT2D eigenvalue weighted by molar-refractivity contribution is -0.384. The minimum atomic E-state index is -3.82. The van der Waals surface area contributed by atoms with E-state index in [4.69, 9.17) is 0 Å². The van der Waals surface area contributed by atoms with Crippen LogP contribution in [0.5, 0.6) is 0 Å². The molecule has 0 aliphatic carbocycles. The van der Waals surface area contributed by atoms with Crippen molar-refractivity contribution in [2.75, 3.05) is 38.5 Å². The molecule has 11 heteroatoms. The fourth-order valence-electron chi connectivity index (χ4n) is 3.30. The van der Waals surface area contributed by atoms with Crippen molar-refractivity contribution >= 4 is 27.3 Å². The van der Waals surface area contributed by atoms with Gasteiger partial charge in [-0.05, 0) is 36.8 Å². The van der Waals surface area contributed by atoms with E-state index >= 15 is 0 Å². The van der Waals surface area contributed by atoms with E-state index in [-0.39, 0.29) is 35.8 Å². The van der Waals surface area contributed by atoms with Gasteiger partial charge in [0.1, 0.15) is 5.82 Å². The molecule has 9 nitrogen and oxygen atoms in total. The Balaban J connectivity index is 1.80. The van der Waals surface area contributed by atoms with Crippen LogP contribution in [0.1, 0.15) is 16.8 Å². The number of nitrogens with one attached hydrogen (secondary N) is 1. The molecule has 1 fully saturated rings. The lowest BCUT2D eigenvalue weighted by atomic mass is 10.1. The first-order valence-electron chi connectivity index (χ1n) is 9.25. The molecule has 0 spiro atoms. The van der Waals surface area contributed by atoms with Crippen LogP contribution in [-0.4, -0.2) is 61.7 Å². The number of anilines is 1. The van der Waals surface area contributed by atoms with Gasteiger partial charge in [-0.25, -0.2) is 12.8 Å². The summed E-state index contributed by atoms with van der Waals surface area (Å²) < 4.78 is 40.1. The maximum Gasteiger partial charge on any atom is 0.270 e. The summed E-state index contributed by atoms with van der Waals surface area (Å²) in [7, 11) is -2.21. The van der Waals surface area contributed by atoms with Crippen LogP contribution in [-0.2, 0) is 10.0 Å². The maximum absolute atomic E-state index is 13.1. The van der Waals surface area contributed by atoms with Crippen LogP contribution in [0, 0.1) is 15.9 Å². The van der Waals surface area contributed by atoms with E-state index in [2.05, 4.69) is 5.32 Å². The number of hydrogen-bond acceptors (Lipinski definition) is 6. The molecule has 30 heavy (non-hydrogen) atoms. The Kier molecular flexibility index (Phi) is 6.32. The van der Waals surface area contributed by atoms with Crippen LogP contribution >= 0.6 is 0 Å². The standard InChI is InChI=1S/C19H21FN4O5S/c1-21-18-8-5-15(24(26)27)13-17(18)19(25)22-9-2-10-23(12-11-22)30(28,29)16-6-3-14(20)4-7-16/h3-8,13,21H,2,9-12H2,1H3. The number of carbonyl (C=O) groups is 1. The van der Waals surface area contributed by atoms with E-state index in [1.165, 1.54) is 39.5 Å². The largest absolute Gasteiger partial charge is 0.387 e. The Labute approximate surface area is 173 Å². The van der Waals surface area contributed by atoms with E-state index in [1.54, 1.807) is 7.05 Å². The lowest BCUT2D eigenvalue weighted by Gasteiger charge is -2.23. The molecule has 160 valence electrons. The van der Waals surface area contributed by atoms with Crippen LogP contribution < -0.4 is 5.32 Å². The van der Waals surface area contributed by atoms with Crippen LogP contribution in [0.2, 0.25) is 0 Å². The smallest absolute Gasteiger partial charge is 0.270 e. The molecular weight excluding hydrogens is 415 g/mol. The van der Waals surface area contributed by atoms with Gasteiger partial charge in [0, 0.05) is 51.0 Å². The van der Waals surface area contributed by atoms with Gasteiger partial charge in [-0.3, -0.25) is 14.9 Å². The van der Waals surface area contributed by atoms with Gasteiger partial charge in [0.15, 0.2) is 0 Å². The molecule has 3 rings (SSSR count). The molecule has 1 saturated heterocycles. The summed E-state index contributed by atoms with van der Waals surface area (Å²) >= 11 is 0. The normalized spacial score (nSPS) is 15.5. The number of non-ortho nitro benzene ring substituents is 1. The Morgan fingerprint density at radius 1 is 1.10 bits per heavy atom.